The zero-order chi connectivity index (χ0) is 11.8. The highest BCUT2D eigenvalue weighted by molar-refractivity contribution is 9.10. The van der Waals surface area contributed by atoms with Gasteiger partial charge in [-0.15, -0.1) is 0 Å². The van der Waals surface area contributed by atoms with Gasteiger partial charge in [-0.3, -0.25) is 4.98 Å². The first-order chi connectivity index (χ1) is 7.50. The smallest absolute Gasteiger partial charge is 0.150 e. The van der Waals surface area contributed by atoms with Gasteiger partial charge in [0, 0.05) is 12.1 Å². The molecule has 1 aliphatic rings. The van der Waals surface area contributed by atoms with Crippen LogP contribution in [0, 0.1) is 6.92 Å². The van der Waals surface area contributed by atoms with Gasteiger partial charge in [-0.1, -0.05) is 0 Å². The lowest BCUT2D eigenvalue weighted by molar-refractivity contribution is 0.206. The van der Waals surface area contributed by atoms with E-state index in [1.807, 2.05) is 13.0 Å². The van der Waals surface area contributed by atoms with Crippen molar-refractivity contribution >= 4 is 15.9 Å². The minimum absolute atomic E-state index is 0.235. The number of aromatic nitrogens is 1. The Morgan fingerprint density at radius 2 is 2.25 bits per heavy atom. The van der Waals surface area contributed by atoms with Gasteiger partial charge in [0.15, 0.2) is 5.75 Å². The van der Waals surface area contributed by atoms with E-state index in [0.29, 0.717) is 11.2 Å². The van der Waals surface area contributed by atoms with E-state index in [2.05, 4.69) is 33.2 Å². The Balaban J connectivity index is 2.04. The standard InChI is InChI=1S/C12H17BrN2O/c1-8-11(16)10(13)6-9(15-8)7-14-12(2)4-3-5-12/h6,14,16H,3-5,7H2,1-2H3. The van der Waals surface area contributed by atoms with Crippen molar-refractivity contribution in [2.45, 2.75) is 45.2 Å². The summed E-state index contributed by atoms with van der Waals surface area (Å²) in [4.78, 5) is 4.35. The fourth-order valence-corrected chi connectivity index (χ4v) is 2.52. The van der Waals surface area contributed by atoms with Crippen LogP contribution in [-0.2, 0) is 6.54 Å². The second-order valence-electron chi connectivity index (χ2n) is 4.80. The fourth-order valence-electron chi connectivity index (χ4n) is 1.97. The van der Waals surface area contributed by atoms with Gasteiger partial charge >= 0.3 is 0 Å². The van der Waals surface area contributed by atoms with Gasteiger partial charge in [-0.05, 0) is 55.1 Å². The second-order valence-corrected chi connectivity index (χ2v) is 5.65. The summed E-state index contributed by atoms with van der Waals surface area (Å²) in [7, 11) is 0. The van der Waals surface area contributed by atoms with Gasteiger partial charge in [0.2, 0.25) is 0 Å². The molecule has 0 aliphatic heterocycles. The third-order valence-corrected chi connectivity index (χ3v) is 3.93. The minimum atomic E-state index is 0.235. The van der Waals surface area contributed by atoms with E-state index in [9.17, 15) is 5.11 Å². The van der Waals surface area contributed by atoms with Crippen LogP contribution in [-0.4, -0.2) is 15.6 Å². The van der Waals surface area contributed by atoms with Gasteiger partial charge < -0.3 is 10.4 Å². The molecule has 0 saturated heterocycles. The van der Waals surface area contributed by atoms with Crippen molar-refractivity contribution in [1.29, 1.82) is 0 Å². The van der Waals surface area contributed by atoms with Crippen molar-refractivity contribution < 1.29 is 5.11 Å². The molecular formula is C12H17BrN2O. The van der Waals surface area contributed by atoms with Crippen LogP contribution < -0.4 is 5.32 Å². The lowest BCUT2D eigenvalue weighted by atomic mass is 9.78. The summed E-state index contributed by atoms with van der Waals surface area (Å²) in [6, 6.07) is 1.87. The number of aryl methyl sites for hydroxylation is 1. The van der Waals surface area contributed by atoms with E-state index in [0.717, 1.165) is 16.7 Å². The predicted molar refractivity (Wildman–Crippen MR) is 67.4 cm³/mol. The molecule has 1 saturated carbocycles. The van der Waals surface area contributed by atoms with Crippen molar-refractivity contribution in [2.75, 3.05) is 0 Å². The molecule has 1 aromatic rings. The Kier molecular flexibility index (Phi) is 3.22. The van der Waals surface area contributed by atoms with Gasteiger partial charge in [0.1, 0.15) is 0 Å². The Hall–Kier alpha value is -0.610. The Labute approximate surface area is 104 Å². The Bertz CT molecular complexity index is 379. The van der Waals surface area contributed by atoms with Crippen LogP contribution in [0.1, 0.15) is 37.6 Å². The monoisotopic (exact) mass is 284 g/mol. The van der Waals surface area contributed by atoms with Crippen molar-refractivity contribution in [3.63, 3.8) is 0 Å². The van der Waals surface area contributed by atoms with Gasteiger partial charge in [-0.25, -0.2) is 0 Å². The van der Waals surface area contributed by atoms with E-state index in [4.69, 9.17) is 0 Å². The first kappa shape index (κ1) is 11.9. The molecule has 2 rings (SSSR count). The Morgan fingerprint density at radius 3 is 2.75 bits per heavy atom. The highest BCUT2D eigenvalue weighted by Crippen LogP contribution is 2.31. The van der Waals surface area contributed by atoms with Crippen LogP contribution in [0.4, 0.5) is 0 Å². The SMILES string of the molecule is Cc1nc(CNC2(C)CCC2)cc(Br)c1O. The maximum Gasteiger partial charge on any atom is 0.150 e. The summed E-state index contributed by atoms with van der Waals surface area (Å²) in [6.07, 6.45) is 3.80. The van der Waals surface area contributed by atoms with Crippen molar-refractivity contribution in [3.8, 4) is 5.75 Å². The van der Waals surface area contributed by atoms with Gasteiger partial charge in [0.25, 0.3) is 0 Å². The first-order valence-electron chi connectivity index (χ1n) is 5.60. The van der Waals surface area contributed by atoms with Crippen LogP contribution in [0.2, 0.25) is 0 Å². The minimum Gasteiger partial charge on any atom is -0.505 e. The van der Waals surface area contributed by atoms with Crippen LogP contribution in [0.5, 0.6) is 5.75 Å². The largest absolute Gasteiger partial charge is 0.505 e. The molecule has 1 aromatic heterocycles. The van der Waals surface area contributed by atoms with Crippen molar-refractivity contribution in [1.82, 2.24) is 10.3 Å². The fraction of sp³-hybridized carbons (Fsp3) is 0.583. The zero-order valence-electron chi connectivity index (χ0n) is 9.68. The molecule has 0 bridgehead atoms. The average molecular weight is 285 g/mol. The molecule has 0 unspecified atom stereocenters. The van der Waals surface area contributed by atoms with Crippen LogP contribution in [0.3, 0.4) is 0 Å². The van der Waals surface area contributed by atoms with Crippen LogP contribution in [0.25, 0.3) is 0 Å². The Morgan fingerprint density at radius 1 is 1.56 bits per heavy atom. The maximum atomic E-state index is 9.59. The molecule has 2 N–H and O–H groups in total. The number of hydrogen-bond donors (Lipinski definition) is 2. The first-order valence-corrected chi connectivity index (χ1v) is 6.39. The maximum absolute atomic E-state index is 9.59. The number of nitrogens with zero attached hydrogens (tertiary/aromatic N) is 1. The molecule has 0 aromatic carbocycles. The highest BCUT2D eigenvalue weighted by Gasteiger charge is 2.30. The van der Waals surface area contributed by atoms with E-state index in [-0.39, 0.29) is 5.75 Å². The summed E-state index contributed by atoms with van der Waals surface area (Å²) in [5.74, 6) is 0.235. The lowest BCUT2D eigenvalue weighted by Gasteiger charge is -2.39. The average Bonchev–Trinajstić information content (AvgIpc) is 2.20. The zero-order valence-corrected chi connectivity index (χ0v) is 11.3. The summed E-state index contributed by atoms with van der Waals surface area (Å²) in [5, 5.41) is 13.1. The number of rotatable bonds is 3. The number of hydrogen-bond acceptors (Lipinski definition) is 3. The van der Waals surface area contributed by atoms with E-state index in [1.165, 1.54) is 19.3 Å². The number of aromatic hydroxyl groups is 1. The molecular weight excluding hydrogens is 268 g/mol. The molecule has 4 heteroatoms. The van der Waals surface area contributed by atoms with E-state index >= 15 is 0 Å². The highest BCUT2D eigenvalue weighted by atomic mass is 79.9. The quantitative estimate of drug-likeness (QED) is 0.897. The molecule has 0 atom stereocenters. The van der Waals surface area contributed by atoms with Crippen LogP contribution in [0.15, 0.2) is 10.5 Å². The number of pyridine rings is 1. The van der Waals surface area contributed by atoms with Crippen LogP contribution >= 0.6 is 15.9 Å². The number of nitrogens with one attached hydrogen (secondary N) is 1. The molecule has 1 heterocycles. The third kappa shape index (κ3) is 2.38. The second kappa shape index (κ2) is 4.34. The molecule has 3 nitrogen and oxygen atoms in total. The summed E-state index contributed by atoms with van der Waals surface area (Å²) >= 11 is 3.33. The molecule has 16 heavy (non-hydrogen) atoms. The molecule has 0 amide bonds. The van der Waals surface area contributed by atoms with Gasteiger partial charge in [0.05, 0.1) is 15.9 Å². The topological polar surface area (TPSA) is 45.2 Å². The van der Waals surface area contributed by atoms with Gasteiger partial charge in [-0.2, -0.15) is 0 Å². The third-order valence-electron chi connectivity index (χ3n) is 3.33. The summed E-state index contributed by atoms with van der Waals surface area (Å²) < 4.78 is 0.718. The summed E-state index contributed by atoms with van der Waals surface area (Å²) in [6.45, 7) is 4.82. The lowest BCUT2D eigenvalue weighted by Crippen LogP contribution is -2.47. The molecule has 1 aliphatic carbocycles. The number of halogens is 1. The van der Waals surface area contributed by atoms with E-state index in [1.54, 1.807) is 0 Å². The molecule has 88 valence electrons. The molecule has 0 radical (unpaired) electrons. The van der Waals surface area contributed by atoms with Crippen molar-refractivity contribution in [2.24, 2.45) is 0 Å². The molecule has 0 spiro atoms. The van der Waals surface area contributed by atoms with Crippen molar-refractivity contribution in [3.05, 3.63) is 21.9 Å². The molecule has 1 fully saturated rings. The van der Waals surface area contributed by atoms with E-state index < -0.39 is 0 Å². The summed E-state index contributed by atoms with van der Waals surface area (Å²) in [5.41, 5.74) is 1.93. The predicted octanol–water partition coefficient (Wildman–Crippen LogP) is 2.89. The normalized spacial score (nSPS) is 18.2.